The van der Waals surface area contributed by atoms with Crippen molar-refractivity contribution in [3.8, 4) is 0 Å². The lowest BCUT2D eigenvalue weighted by molar-refractivity contribution is -0.143. The molecule has 0 spiro atoms. The molecule has 1 aliphatic carbocycles. The van der Waals surface area contributed by atoms with E-state index >= 15 is 0 Å². The third-order valence-corrected chi connectivity index (χ3v) is 6.26. The van der Waals surface area contributed by atoms with Gasteiger partial charge in [0.2, 0.25) is 5.91 Å². The average Bonchev–Trinajstić information content (AvgIpc) is 2.77. The van der Waals surface area contributed by atoms with Crippen molar-refractivity contribution in [2.24, 2.45) is 0 Å². The maximum Gasteiger partial charge on any atom is 0.408 e. The molecule has 0 bridgehead atoms. The van der Waals surface area contributed by atoms with Crippen LogP contribution >= 0.6 is 0 Å². The summed E-state index contributed by atoms with van der Waals surface area (Å²) in [6.07, 6.45) is 3.61. The van der Waals surface area contributed by atoms with Crippen molar-refractivity contribution < 1.29 is 19.1 Å². The van der Waals surface area contributed by atoms with Crippen molar-refractivity contribution in [1.82, 2.24) is 10.2 Å². The summed E-state index contributed by atoms with van der Waals surface area (Å²) >= 11 is 0. The van der Waals surface area contributed by atoms with Gasteiger partial charge in [0.05, 0.1) is 0 Å². The Hall–Kier alpha value is -3.61. The van der Waals surface area contributed by atoms with E-state index in [4.69, 9.17) is 4.74 Å². The SMILES string of the molecule is C=Cc1cccc(C(C(=O)Nc2c(C)cccc2C)N(C(=O)CNC(=O)OC(C)(C)C)C2CCC2)c1. The molecule has 2 N–H and O–H groups in total. The standard InChI is InChI=1S/C29H37N3O4/c1-7-21-13-9-14-22(17-21)26(27(34)31-25-19(2)11-8-12-20(25)3)32(23-15-10-16-23)24(33)18-30-28(35)36-29(4,5)6/h7-9,11-14,17,23,26H,1,10,15-16,18H2,2-6H3,(H,30,35)(H,31,34). The molecule has 0 saturated heterocycles. The van der Waals surface area contributed by atoms with Gasteiger partial charge in [0.15, 0.2) is 0 Å². The largest absolute Gasteiger partial charge is 0.444 e. The van der Waals surface area contributed by atoms with Gasteiger partial charge < -0.3 is 20.3 Å². The molecule has 1 saturated carbocycles. The number of rotatable bonds is 8. The van der Waals surface area contributed by atoms with Gasteiger partial charge in [0, 0.05) is 11.7 Å². The number of anilines is 1. The summed E-state index contributed by atoms with van der Waals surface area (Å²) in [6.45, 7) is 12.7. The summed E-state index contributed by atoms with van der Waals surface area (Å²) in [5.74, 6) is -0.637. The molecule has 192 valence electrons. The number of nitrogens with zero attached hydrogens (tertiary/aromatic N) is 1. The van der Waals surface area contributed by atoms with Crippen LogP contribution in [0.2, 0.25) is 0 Å². The number of aryl methyl sites for hydroxylation is 2. The van der Waals surface area contributed by atoms with Gasteiger partial charge in [-0.2, -0.15) is 0 Å². The minimum atomic E-state index is -0.873. The predicted octanol–water partition coefficient (Wildman–Crippen LogP) is 5.53. The predicted molar refractivity (Wildman–Crippen MR) is 143 cm³/mol. The zero-order valence-corrected chi connectivity index (χ0v) is 21.9. The molecule has 3 rings (SSSR count). The second-order valence-electron chi connectivity index (χ2n) is 10.3. The summed E-state index contributed by atoms with van der Waals surface area (Å²) in [5.41, 5.74) is 3.48. The Morgan fingerprint density at radius 3 is 2.31 bits per heavy atom. The molecular formula is C29H37N3O4. The van der Waals surface area contributed by atoms with Crippen LogP contribution < -0.4 is 10.6 Å². The molecule has 1 unspecified atom stereocenters. The monoisotopic (exact) mass is 491 g/mol. The number of ether oxygens (including phenoxy) is 1. The Bertz CT molecular complexity index is 1110. The number of carbonyl (C=O) groups excluding carboxylic acids is 3. The highest BCUT2D eigenvalue weighted by Crippen LogP contribution is 2.34. The first kappa shape index (κ1) is 27.0. The summed E-state index contributed by atoms with van der Waals surface area (Å²) in [5, 5.41) is 5.64. The summed E-state index contributed by atoms with van der Waals surface area (Å²) < 4.78 is 5.29. The zero-order valence-electron chi connectivity index (χ0n) is 21.9. The van der Waals surface area contributed by atoms with Gasteiger partial charge in [-0.15, -0.1) is 0 Å². The molecular weight excluding hydrogens is 454 g/mol. The fourth-order valence-corrected chi connectivity index (χ4v) is 4.27. The van der Waals surface area contributed by atoms with Crippen molar-refractivity contribution >= 4 is 29.7 Å². The van der Waals surface area contributed by atoms with Crippen LogP contribution in [0.1, 0.15) is 68.3 Å². The van der Waals surface area contributed by atoms with Crippen LogP contribution in [0.3, 0.4) is 0 Å². The van der Waals surface area contributed by atoms with E-state index < -0.39 is 17.7 Å². The van der Waals surface area contributed by atoms with Crippen LogP contribution in [-0.4, -0.2) is 41.0 Å². The average molecular weight is 492 g/mol. The first-order valence-electron chi connectivity index (χ1n) is 12.4. The molecule has 1 fully saturated rings. The molecule has 0 heterocycles. The molecule has 0 aliphatic heterocycles. The van der Waals surface area contributed by atoms with Gasteiger partial charge in [-0.3, -0.25) is 9.59 Å². The molecule has 0 radical (unpaired) electrons. The van der Waals surface area contributed by atoms with Crippen molar-refractivity contribution in [2.75, 3.05) is 11.9 Å². The summed E-state index contributed by atoms with van der Waals surface area (Å²) in [7, 11) is 0. The van der Waals surface area contributed by atoms with Gasteiger partial charge in [0.25, 0.3) is 5.91 Å². The molecule has 2 aromatic rings. The van der Waals surface area contributed by atoms with Gasteiger partial charge in [-0.25, -0.2) is 4.79 Å². The van der Waals surface area contributed by atoms with Gasteiger partial charge >= 0.3 is 6.09 Å². The third kappa shape index (κ3) is 6.74. The lowest BCUT2D eigenvalue weighted by Gasteiger charge is -2.42. The lowest BCUT2D eigenvalue weighted by Crippen LogP contribution is -2.53. The zero-order chi connectivity index (χ0) is 26.5. The van der Waals surface area contributed by atoms with E-state index in [1.165, 1.54) is 0 Å². The van der Waals surface area contributed by atoms with Crippen LogP contribution in [0, 0.1) is 13.8 Å². The first-order valence-corrected chi connectivity index (χ1v) is 12.4. The molecule has 0 aromatic heterocycles. The van der Waals surface area contributed by atoms with Crippen LogP contribution in [0.25, 0.3) is 6.08 Å². The number of nitrogens with one attached hydrogen (secondary N) is 2. The van der Waals surface area contributed by atoms with Gasteiger partial charge in [0.1, 0.15) is 18.2 Å². The Kier molecular flexibility index (Phi) is 8.56. The highest BCUT2D eigenvalue weighted by atomic mass is 16.6. The molecule has 1 aliphatic rings. The van der Waals surface area contributed by atoms with E-state index in [9.17, 15) is 14.4 Å². The number of benzene rings is 2. The Balaban J connectivity index is 1.96. The van der Waals surface area contributed by atoms with E-state index in [0.29, 0.717) is 5.56 Å². The quantitative estimate of drug-likeness (QED) is 0.508. The smallest absolute Gasteiger partial charge is 0.408 e. The van der Waals surface area contributed by atoms with Crippen molar-refractivity contribution in [1.29, 1.82) is 0 Å². The van der Waals surface area contributed by atoms with Crippen LogP contribution in [0.15, 0.2) is 49.0 Å². The molecule has 7 nitrogen and oxygen atoms in total. The van der Waals surface area contributed by atoms with Crippen LogP contribution in [-0.2, 0) is 14.3 Å². The maximum absolute atomic E-state index is 13.9. The van der Waals surface area contributed by atoms with Crippen LogP contribution in [0.4, 0.5) is 10.5 Å². The molecule has 3 amide bonds. The fraction of sp³-hybridized carbons (Fsp3) is 0.414. The van der Waals surface area contributed by atoms with Crippen molar-refractivity contribution in [3.05, 3.63) is 71.3 Å². The number of alkyl carbamates (subject to hydrolysis) is 1. The minimum absolute atomic E-state index is 0.0981. The number of hydrogen-bond donors (Lipinski definition) is 2. The summed E-state index contributed by atoms with van der Waals surface area (Å²) in [4.78, 5) is 41.3. The number of para-hydroxylation sites is 1. The first-order chi connectivity index (χ1) is 17.0. The Labute approximate surface area is 213 Å². The van der Waals surface area contributed by atoms with E-state index in [1.54, 1.807) is 31.7 Å². The fourth-order valence-electron chi connectivity index (χ4n) is 4.27. The van der Waals surface area contributed by atoms with Crippen molar-refractivity contribution in [3.63, 3.8) is 0 Å². The Morgan fingerprint density at radius 1 is 1.11 bits per heavy atom. The maximum atomic E-state index is 13.9. The van der Waals surface area contributed by atoms with E-state index in [1.807, 2.05) is 56.3 Å². The number of carbonyl (C=O) groups is 3. The number of hydrogen-bond acceptors (Lipinski definition) is 4. The third-order valence-electron chi connectivity index (χ3n) is 6.26. The molecule has 2 aromatic carbocycles. The van der Waals surface area contributed by atoms with E-state index in [0.717, 1.165) is 41.6 Å². The molecule has 1 atom stereocenters. The highest BCUT2D eigenvalue weighted by Gasteiger charge is 2.39. The van der Waals surface area contributed by atoms with Crippen molar-refractivity contribution in [2.45, 2.75) is 71.6 Å². The van der Waals surface area contributed by atoms with Gasteiger partial charge in [-0.05, 0) is 82.2 Å². The van der Waals surface area contributed by atoms with E-state index in [-0.39, 0.29) is 24.4 Å². The van der Waals surface area contributed by atoms with Crippen LogP contribution in [0.5, 0.6) is 0 Å². The second kappa shape index (κ2) is 11.4. The van der Waals surface area contributed by atoms with E-state index in [2.05, 4.69) is 17.2 Å². The highest BCUT2D eigenvalue weighted by molar-refractivity contribution is 5.99. The number of amides is 3. The Morgan fingerprint density at radius 2 is 1.75 bits per heavy atom. The lowest BCUT2D eigenvalue weighted by atomic mass is 9.88. The molecule has 7 heteroatoms. The summed E-state index contributed by atoms with van der Waals surface area (Å²) in [6, 6.07) is 12.3. The van der Waals surface area contributed by atoms with Gasteiger partial charge in [-0.1, -0.05) is 49.1 Å². The topological polar surface area (TPSA) is 87.7 Å². The second-order valence-corrected chi connectivity index (χ2v) is 10.3. The molecule has 36 heavy (non-hydrogen) atoms. The minimum Gasteiger partial charge on any atom is -0.444 e. The normalized spacial score (nSPS) is 14.2.